The van der Waals surface area contributed by atoms with E-state index in [4.69, 9.17) is 13.9 Å². The first-order chi connectivity index (χ1) is 22.2. The Bertz CT molecular complexity index is 2330. The number of aromatic carboxylic acids is 1. The van der Waals surface area contributed by atoms with Crippen molar-refractivity contribution < 1.29 is 28.6 Å². The Morgan fingerprint density at radius 2 is 1.52 bits per heavy atom. The fraction of sp³-hybridized carbons (Fsp3) is 0.132. The minimum absolute atomic E-state index is 0.163. The molecule has 0 bridgehead atoms. The molecule has 0 aromatic heterocycles. The lowest BCUT2D eigenvalue weighted by Crippen LogP contribution is -2.33. The van der Waals surface area contributed by atoms with E-state index in [0.717, 1.165) is 16.6 Å². The van der Waals surface area contributed by atoms with E-state index >= 15 is 0 Å². The van der Waals surface area contributed by atoms with Crippen molar-refractivity contribution in [2.45, 2.75) is 5.60 Å². The van der Waals surface area contributed by atoms with E-state index in [2.05, 4.69) is 0 Å². The fourth-order valence-electron chi connectivity index (χ4n) is 6.77. The largest absolute Gasteiger partial charge is 0.478 e. The highest BCUT2D eigenvalue weighted by molar-refractivity contribution is 6.08. The van der Waals surface area contributed by atoms with E-state index in [9.17, 15) is 14.7 Å². The Morgan fingerprint density at radius 1 is 0.783 bits per heavy atom. The number of fused-ring (bicyclic) bond motifs is 8. The van der Waals surface area contributed by atoms with Crippen molar-refractivity contribution in [3.05, 3.63) is 130 Å². The summed E-state index contributed by atoms with van der Waals surface area (Å²) in [5.41, 5.74) is 4.79. The van der Waals surface area contributed by atoms with Crippen molar-refractivity contribution in [2.75, 3.05) is 33.1 Å². The zero-order valence-corrected chi connectivity index (χ0v) is 25.6. The van der Waals surface area contributed by atoms with Gasteiger partial charge >= 0.3 is 11.9 Å². The van der Waals surface area contributed by atoms with Gasteiger partial charge < -0.3 is 23.9 Å². The molecule has 3 aliphatic heterocycles. The number of rotatable bonds is 3. The molecule has 4 aliphatic rings. The Balaban J connectivity index is 1.53. The molecule has 46 heavy (non-hydrogen) atoms. The van der Waals surface area contributed by atoms with Crippen LogP contribution in [-0.4, -0.2) is 45.2 Å². The van der Waals surface area contributed by atoms with Crippen LogP contribution in [0.25, 0.3) is 33.4 Å². The molecule has 8 rings (SSSR count). The summed E-state index contributed by atoms with van der Waals surface area (Å²) in [4.78, 5) is 28.0. The molecule has 3 heterocycles. The molecule has 0 fully saturated rings. The molecule has 0 radical (unpaired) electrons. The third-order valence-electron chi connectivity index (χ3n) is 8.98. The zero-order valence-electron chi connectivity index (χ0n) is 25.6. The highest BCUT2D eigenvalue weighted by Crippen LogP contribution is 2.58. The quantitative estimate of drug-likeness (QED) is 0.138. The number of esters is 1. The van der Waals surface area contributed by atoms with E-state index in [1.165, 1.54) is 0 Å². The van der Waals surface area contributed by atoms with Crippen LogP contribution >= 0.6 is 0 Å². The van der Waals surface area contributed by atoms with Crippen LogP contribution < -0.4 is 19.6 Å². The molecule has 0 saturated carbocycles. The maximum Gasteiger partial charge on any atom is 0.340 e. The number of carbonyl (C=O) groups excluding carboxylic acids is 1. The molecule has 8 nitrogen and oxygen atoms in total. The second-order valence-electron chi connectivity index (χ2n) is 12.0. The van der Waals surface area contributed by atoms with Crippen molar-refractivity contribution in [3.63, 3.8) is 0 Å². The van der Waals surface area contributed by atoms with E-state index < -0.39 is 17.5 Å². The Kier molecular flexibility index (Phi) is 5.89. The van der Waals surface area contributed by atoms with E-state index in [1.807, 2.05) is 117 Å². The summed E-state index contributed by atoms with van der Waals surface area (Å²) >= 11 is 0. The van der Waals surface area contributed by atoms with Gasteiger partial charge in [0.25, 0.3) is 0 Å². The molecule has 4 aromatic rings. The smallest absolute Gasteiger partial charge is 0.340 e. The lowest BCUT2D eigenvalue weighted by Gasteiger charge is -2.37. The minimum Gasteiger partial charge on any atom is -0.478 e. The number of hydrogen-bond donors (Lipinski definition) is 1. The van der Waals surface area contributed by atoms with Gasteiger partial charge in [0.05, 0.1) is 17.2 Å². The van der Waals surface area contributed by atoms with Gasteiger partial charge in [-0.25, -0.2) is 14.2 Å². The monoisotopic (exact) mass is 609 g/mol. The normalized spacial score (nSPS) is 16.0. The highest BCUT2D eigenvalue weighted by Gasteiger charge is 2.53. The second kappa shape index (κ2) is 9.81. The first-order valence-electron chi connectivity index (χ1n) is 14.9. The summed E-state index contributed by atoms with van der Waals surface area (Å²) in [6, 6.07) is 29.9. The third kappa shape index (κ3) is 3.83. The Morgan fingerprint density at radius 3 is 2.28 bits per heavy atom. The third-order valence-corrected chi connectivity index (χ3v) is 8.98. The first kappa shape index (κ1) is 27.6. The van der Waals surface area contributed by atoms with Gasteiger partial charge in [0.2, 0.25) is 5.36 Å². The number of carboxylic acids is 1. The summed E-state index contributed by atoms with van der Waals surface area (Å²) < 4.78 is 21.6. The molecule has 0 saturated heterocycles. The summed E-state index contributed by atoms with van der Waals surface area (Å²) in [6.45, 7) is 0. The molecule has 1 aliphatic carbocycles. The van der Waals surface area contributed by atoms with Crippen LogP contribution in [0.5, 0.6) is 11.5 Å². The van der Waals surface area contributed by atoms with Gasteiger partial charge in [0, 0.05) is 71.2 Å². The number of nitrogens with zero attached hydrogens (tertiary/aromatic N) is 2. The van der Waals surface area contributed by atoms with Crippen LogP contribution in [0.1, 0.15) is 37.4 Å². The molecule has 1 N–H and O–H groups in total. The van der Waals surface area contributed by atoms with Gasteiger partial charge in [-0.3, -0.25) is 0 Å². The Hall–Kier alpha value is -5.89. The van der Waals surface area contributed by atoms with Crippen LogP contribution in [0.15, 0.2) is 101 Å². The van der Waals surface area contributed by atoms with Gasteiger partial charge in [-0.15, -0.1) is 0 Å². The van der Waals surface area contributed by atoms with E-state index in [-0.39, 0.29) is 5.56 Å². The molecular weight excluding hydrogens is 580 g/mol. The molecule has 0 amide bonds. The van der Waals surface area contributed by atoms with Crippen LogP contribution in [0.4, 0.5) is 5.69 Å². The lowest BCUT2D eigenvalue weighted by molar-refractivity contribution is 0.0224. The SMILES string of the molecule is CN(C)c1ccc2c(c1)Oc1cc3oc4cc(=[N+](C)C)ccc-4c(-c4ccccc4C(=O)O)c3cc1[C@@]21OC(=O)c2ccccc21. The van der Waals surface area contributed by atoms with Crippen LogP contribution in [0, 0.1) is 0 Å². The summed E-state index contributed by atoms with van der Waals surface area (Å²) in [6.07, 6.45) is 0. The molecule has 1 atom stereocenters. The molecule has 226 valence electrons. The van der Waals surface area contributed by atoms with Crippen molar-refractivity contribution in [2.24, 2.45) is 0 Å². The average Bonchev–Trinajstić information content (AvgIpc) is 3.34. The lowest BCUT2D eigenvalue weighted by atomic mass is 9.76. The summed E-state index contributed by atoms with van der Waals surface area (Å²) in [5.74, 6) is 0.165. The summed E-state index contributed by atoms with van der Waals surface area (Å²) in [7, 11) is 7.81. The Labute approximate surface area is 264 Å². The van der Waals surface area contributed by atoms with Gasteiger partial charge in [0.1, 0.15) is 36.9 Å². The molecule has 8 heteroatoms. The van der Waals surface area contributed by atoms with Crippen molar-refractivity contribution in [1.82, 2.24) is 4.58 Å². The predicted octanol–water partition coefficient (Wildman–Crippen LogP) is 6.57. The van der Waals surface area contributed by atoms with Crippen molar-refractivity contribution >= 4 is 28.6 Å². The second-order valence-corrected chi connectivity index (χ2v) is 12.0. The van der Waals surface area contributed by atoms with Crippen molar-refractivity contribution in [1.29, 1.82) is 0 Å². The van der Waals surface area contributed by atoms with E-state index in [0.29, 0.717) is 61.6 Å². The van der Waals surface area contributed by atoms with Gasteiger partial charge in [-0.2, -0.15) is 0 Å². The summed E-state index contributed by atoms with van der Waals surface area (Å²) in [5, 5.41) is 11.8. The number of hydrogen-bond acceptors (Lipinski definition) is 6. The zero-order chi connectivity index (χ0) is 31.9. The van der Waals surface area contributed by atoms with Gasteiger partial charge in [-0.05, 0) is 42.0 Å². The van der Waals surface area contributed by atoms with E-state index in [1.54, 1.807) is 18.2 Å². The molecule has 1 spiro atoms. The van der Waals surface area contributed by atoms with Crippen molar-refractivity contribution in [3.8, 4) is 33.9 Å². The number of carbonyl (C=O) groups is 2. The predicted molar refractivity (Wildman–Crippen MR) is 175 cm³/mol. The first-order valence-corrected chi connectivity index (χ1v) is 14.9. The average molecular weight is 610 g/mol. The van der Waals surface area contributed by atoms with Gasteiger partial charge in [0.15, 0.2) is 5.60 Å². The van der Waals surface area contributed by atoms with Crippen LogP contribution in [0.3, 0.4) is 0 Å². The standard InChI is InChI=1S/C38H28N2O6/c1-39(2)21-13-15-26-31(17-21)44-32-20-34-30(19-27(32)35(26)23-9-5-6-10-24(23)36(41)42)38(28-12-8-7-11-25(28)37(43)46-38)29-16-14-22(40(3)4)18-33(29)45-34/h5-20H,1-4H3/p+1/t38-/m0/s1. The number of anilines is 1. The fourth-order valence-corrected chi connectivity index (χ4v) is 6.77. The maximum atomic E-state index is 13.5. The molecule has 4 aromatic carbocycles. The van der Waals surface area contributed by atoms with Crippen LogP contribution in [-0.2, 0) is 10.3 Å². The maximum absolute atomic E-state index is 13.5. The minimum atomic E-state index is -1.30. The topological polar surface area (TPSA) is 92.2 Å². The number of ether oxygens (including phenoxy) is 2. The molecular formula is C38H29N2O6+. The van der Waals surface area contributed by atoms with Gasteiger partial charge in [-0.1, -0.05) is 36.4 Å². The van der Waals surface area contributed by atoms with Crippen LogP contribution in [0.2, 0.25) is 0 Å². The highest BCUT2D eigenvalue weighted by atomic mass is 16.6. The number of carboxylic acid groups (broad SMARTS) is 1. The number of benzene rings is 5. The molecule has 0 unspecified atom stereocenters.